The summed E-state index contributed by atoms with van der Waals surface area (Å²) in [5.41, 5.74) is 7.85. The fourth-order valence-electron chi connectivity index (χ4n) is 2.26. The summed E-state index contributed by atoms with van der Waals surface area (Å²) >= 11 is 0. The van der Waals surface area contributed by atoms with E-state index >= 15 is 0 Å². The number of hydrogen-bond donors (Lipinski definition) is 3. The molecule has 0 unspecified atom stereocenters. The molecule has 0 saturated heterocycles. The number of hydrogen-bond acceptors (Lipinski definition) is 3. The first-order chi connectivity index (χ1) is 10.1. The summed E-state index contributed by atoms with van der Waals surface area (Å²) in [5.74, 6) is -0.273. The average molecular weight is 284 g/mol. The number of anilines is 1. The Hall–Kier alpha value is -2.89. The molecule has 0 amide bonds. The van der Waals surface area contributed by atoms with E-state index in [0.29, 0.717) is 22.4 Å². The number of aryl methyl sites for hydroxylation is 1. The highest BCUT2D eigenvalue weighted by Gasteiger charge is 2.19. The van der Waals surface area contributed by atoms with Gasteiger partial charge in [-0.25, -0.2) is 4.39 Å². The van der Waals surface area contributed by atoms with E-state index in [4.69, 9.17) is 5.73 Å². The molecule has 21 heavy (non-hydrogen) atoms. The van der Waals surface area contributed by atoms with Crippen LogP contribution < -0.4 is 11.2 Å². The number of aromatic nitrogens is 3. The van der Waals surface area contributed by atoms with Crippen LogP contribution in [0.5, 0.6) is 0 Å². The van der Waals surface area contributed by atoms with Gasteiger partial charge < -0.3 is 10.7 Å². The molecule has 2 aromatic heterocycles. The fraction of sp³-hybridized carbons (Fsp3) is 0.0667. The van der Waals surface area contributed by atoms with Gasteiger partial charge in [0, 0.05) is 23.5 Å². The predicted octanol–water partition coefficient (Wildman–Crippen LogP) is 2.46. The number of rotatable bonds is 2. The van der Waals surface area contributed by atoms with Crippen molar-refractivity contribution in [1.29, 1.82) is 0 Å². The van der Waals surface area contributed by atoms with Gasteiger partial charge in [0.2, 0.25) is 0 Å². The molecule has 0 saturated carbocycles. The number of benzene rings is 1. The van der Waals surface area contributed by atoms with Gasteiger partial charge in [-0.2, -0.15) is 5.10 Å². The molecule has 106 valence electrons. The number of nitrogens with one attached hydrogen (secondary N) is 2. The van der Waals surface area contributed by atoms with Gasteiger partial charge in [0.25, 0.3) is 0 Å². The molecule has 0 spiro atoms. The molecule has 0 bridgehead atoms. The lowest BCUT2D eigenvalue weighted by Crippen LogP contribution is -2.06. The summed E-state index contributed by atoms with van der Waals surface area (Å²) < 4.78 is 14.0. The van der Waals surface area contributed by atoms with Crippen LogP contribution in [0.2, 0.25) is 0 Å². The molecule has 0 fully saturated rings. The molecule has 0 aliphatic rings. The number of halogens is 1. The van der Waals surface area contributed by atoms with Crippen molar-refractivity contribution in [2.24, 2.45) is 0 Å². The van der Waals surface area contributed by atoms with Crippen LogP contribution in [0, 0.1) is 12.7 Å². The normalized spacial score (nSPS) is 10.8. The van der Waals surface area contributed by atoms with E-state index in [1.165, 1.54) is 12.1 Å². The average Bonchev–Trinajstić information content (AvgIpc) is 2.81. The van der Waals surface area contributed by atoms with Gasteiger partial charge in [-0.1, -0.05) is 18.2 Å². The summed E-state index contributed by atoms with van der Waals surface area (Å²) in [6.45, 7) is 1.78. The first kappa shape index (κ1) is 13.1. The zero-order valence-corrected chi connectivity index (χ0v) is 11.3. The molecular formula is C15H13FN4O. The highest BCUT2D eigenvalue weighted by molar-refractivity contribution is 5.87. The van der Waals surface area contributed by atoms with Crippen molar-refractivity contribution in [1.82, 2.24) is 15.2 Å². The minimum atomic E-state index is -0.421. The summed E-state index contributed by atoms with van der Waals surface area (Å²) in [5, 5.41) is 6.62. The Morgan fingerprint density at radius 3 is 2.71 bits per heavy atom. The molecule has 1 aromatic carbocycles. The minimum absolute atomic E-state index is 0.148. The summed E-state index contributed by atoms with van der Waals surface area (Å²) in [4.78, 5) is 15.1. The van der Waals surface area contributed by atoms with Crippen LogP contribution in [0.1, 0.15) is 5.69 Å². The SMILES string of the molecule is Cc1cc(=O)c(-c2[nH]nc(N)c2-c2ccccc2F)c[nH]1. The number of aromatic amines is 2. The lowest BCUT2D eigenvalue weighted by Gasteiger charge is -2.06. The first-order valence-corrected chi connectivity index (χ1v) is 6.36. The third-order valence-corrected chi connectivity index (χ3v) is 3.26. The summed E-state index contributed by atoms with van der Waals surface area (Å²) in [6, 6.07) is 7.70. The summed E-state index contributed by atoms with van der Waals surface area (Å²) in [6.07, 6.45) is 1.56. The lowest BCUT2D eigenvalue weighted by molar-refractivity contribution is 0.631. The van der Waals surface area contributed by atoms with Gasteiger partial charge in [-0.3, -0.25) is 9.89 Å². The van der Waals surface area contributed by atoms with Gasteiger partial charge in [0.15, 0.2) is 11.2 Å². The van der Waals surface area contributed by atoms with Gasteiger partial charge in [-0.05, 0) is 13.0 Å². The third kappa shape index (κ3) is 2.20. The van der Waals surface area contributed by atoms with Crippen LogP contribution in [-0.2, 0) is 0 Å². The Labute approximate surface area is 119 Å². The first-order valence-electron chi connectivity index (χ1n) is 6.36. The Kier molecular flexibility index (Phi) is 3.06. The van der Waals surface area contributed by atoms with Gasteiger partial charge in [0.05, 0.1) is 16.8 Å². The van der Waals surface area contributed by atoms with E-state index < -0.39 is 5.82 Å². The maximum absolute atomic E-state index is 14.0. The minimum Gasteiger partial charge on any atom is -0.382 e. The molecule has 6 heteroatoms. The van der Waals surface area contributed by atoms with Crippen molar-refractivity contribution >= 4 is 5.82 Å². The molecule has 0 atom stereocenters. The largest absolute Gasteiger partial charge is 0.382 e. The predicted molar refractivity (Wildman–Crippen MR) is 79.2 cm³/mol. The number of nitrogens with zero attached hydrogens (tertiary/aromatic N) is 1. The molecule has 0 aliphatic heterocycles. The zero-order chi connectivity index (χ0) is 15.0. The van der Waals surface area contributed by atoms with Crippen LogP contribution in [-0.4, -0.2) is 15.2 Å². The molecule has 2 heterocycles. The molecule has 3 aromatic rings. The van der Waals surface area contributed by atoms with Crippen LogP contribution in [0.3, 0.4) is 0 Å². The Morgan fingerprint density at radius 2 is 2.00 bits per heavy atom. The van der Waals surface area contributed by atoms with E-state index in [-0.39, 0.29) is 11.2 Å². The standard InChI is InChI=1S/C15H13FN4O/c1-8-6-12(21)10(7-18-8)14-13(15(17)20-19-14)9-4-2-3-5-11(9)16/h2-7H,1H3,(H,18,21)(H3,17,19,20). The van der Waals surface area contributed by atoms with Crippen molar-refractivity contribution in [3.8, 4) is 22.4 Å². The van der Waals surface area contributed by atoms with Gasteiger partial charge >= 0.3 is 0 Å². The number of pyridine rings is 1. The fourth-order valence-corrected chi connectivity index (χ4v) is 2.26. The second kappa shape index (κ2) is 4.90. The van der Waals surface area contributed by atoms with Crippen LogP contribution in [0.4, 0.5) is 10.2 Å². The van der Waals surface area contributed by atoms with Crippen molar-refractivity contribution in [3.63, 3.8) is 0 Å². The Morgan fingerprint density at radius 1 is 1.24 bits per heavy atom. The van der Waals surface area contributed by atoms with Crippen molar-refractivity contribution in [2.75, 3.05) is 5.73 Å². The maximum atomic E-state index is 14.0. The Bertz CT molecular complexity index is 866. The van der Waals surface area contributed by atoms with E-state index in [9.17, 15) is 9.18 Å². The van der Waals surface area contributed by atoms with Gasteiger partial charge in [-0.15, -0.1) is 0 Å². The molecule has 0 radical (unpaired) electrons. The van der Waals surface area contributed by atoms with Crippen molar-refractivity contribution in [3.05, 3.63) is 58.3 Å². The summed E-state index contributed by atoms with van der Waals surface area (Å²) in [7, 11) is 0. The van der Waals surface area contributed by atoms with E-state index in [2.05, 4.69) is 15.2 Å². The second-order valence-electron chi connectivity index (χ2n) is 4.73. The van der Waals surface area contributed by atoms with Crippen LogP contribution >= 0.6 is 0 Å². The van der Waals surface area contributed by atoms with E-state index in [0.717, 1.165) is 5.69 Å². The smallest absolute Gasteiger partial charge is 0.191 e. The van der Waals surface area contributed by atoms with Gasteiger partial charge in [0.1, 0.15) is 5.82 Å². The molecule has 4 N–H and O–H groups in total. The highest BCUT2D eigenvalue weighted by Crippen LogP contribution is 2.34. The quantitative estimate of drug-likeness (QED) is 0.675. The monoisotopic (exact) mass is 284 g/mol. The van der Waals surface area contributed by atoms with E-state index in [1.807, 2.05) is 0 Å². The lowest BCUT2D eigenvalue weighted by atomic mass is 10.0. The zero-order valence-electron chi connectivity index (χ0n) is 11.3. The van der Waals surface area contributed by atoms with Crippen molar-refractivity contribution < 1.29 is 4.39 Å². The highest BCUT2D eigenvalue weighted by atomic mass is 19.1. The number of nitrogens with two attached hydrogens (primary N) is 1. The Balaban J connectivity index is 2.27. The third-order valence-electron chi connectivity index (χ3n) is 3.26. The van der Waals surface area contributed by atoms with Crippen LogP contribution in [0.15, 0.2) is 41.3 Å². The second-order valence-corrected chi connectivity index (χ2v) is 4.73. The molecule has 3 rings (SSSR count). The van der Waals surface area contributed by atoms with E-state index in [1.54, 1.807) is 31.3 Å². The molecular weight excluding hydrogens is 271 g/mol. The van der Waals surface area contributed by atoms with Crippen molar-refractivity contribution in [2.45, 2.75) is 6.92 Å². The molecule has 0 aliphatic carbocycles. The number of H-pyrrole nitrogens is 2. The maximum Gasteiger partial charge on any atom is 0.191 e. The van der Waals surface area contributed by atoms with Crippen LogP contribution in [0.25, 0.3) is 22.4 Å². The number of nitrogen functional groups attached to an aromatic ring is 1. The topological polar surface area (TPSA) is 87.6 Å². The molecule has 5 nitrogen and oxygen atoms in total.